The molecule has 0 bridgehead atoms. The molecule has 3 aromatic heterocycles. The van der Waals surface area contributed by atoms with Crippen LogP contribution in [0.5, 0.6) is 0 Å². The Morgan fingerprint density at radius 2 is 1.80 bits per heavy atom. The molecule has 0 saturated heterocycles. The monoisotopic (exact) mass is 600 g/mol. The second-order valence-electron chi connectivity index (χ2n) is 10.5. The summed E-state index contributed by atoms with van der Waals surface area (Å²) in [4.78, 5) is 69.7. The Morgan fingerprint density at radius 1 is 1.02 bits per heavy atom. The fourth-order valence-corrected chi connectivity index (χ4v) is 4.27. The molecule has 1 unspecified atom stereocenters. The van der Waals surface area contributed by atoms with E-state index in [0.29, 0.717) is 29.8 Å². The first-order chi connectivity index (χ1) is 21.1. The lowest BCUT2D eigenvalue weighted by atomic mass is 10.1. The smallest absolute Gasteiger partial charge is 0.410 e. The van der Waals surface area contributed by atoms with E-state index in [1.165, 1.54) is 52.5 Å². The number of carbonyl (C=O) groups is 3. The van der Waals surface area contributed by atoms with Gasteiger partial charge in [-0.25, -0.2) is 19.7 Å². The minimum Gasteiger partial charge on any atom is -0.436 e. The normalized spacial score (nSPS) is 11.8. The van der Waals surface area contributed by atoms with Crippen LogP contribution in [0.4, 0.5) is 10.5 Å². The third-order valence-electron chi connectivity index (χ3n) is 6.70. The molecule has 3 heterocycles. The van der Waals surface area contributed by atoms with E-state index in [4.69, 9.17) is 4.74 Å². The second kappa shape index (κ2) is 14.7. The van der Waals surface area contributed by atoms with Crippen molar-refractivity contribution in [1.82, 2.24) is 34.3 Å². The van der Waals surface area contributed by atoms with Crippen molar-refractivity contribution in [2.45, 2.75) is 38.3 Å². The van der Waals surface area contributed by atoms with Crippen LogP contribution in [0, 0.1) is 0 Å². The van der Waals surface area contributed by atoms with Crippen molar-refractivity contribution in [1.29, 1.82) is 0 Å². The number of pyridine rings is 1. The van der Waals surface area contributed by atoms with Gasteiger partial charge in [0.25, 0.3) is 11.5 Å². The molecule has 44 heavy (non-hydrogen) atoms. The molecule has 0 aliphatic carbocycles. The predicted molar refractivity (Wildman–Crippen MR) is 165 cm³/mol. The number of imidazole rings is 1. The first-order valence-corrected chi connectivity index (χ1v) is 14.1. The van der Waals surface area contributed by atoms with Crippen molar-refractivity contribution in [2.24, 2.45) is 0 Å². The molecule has 1 atom stereocenters. The third kappa shape index (κ3) is 8.37. The molecule has 0 spiro atoms. The van der Waals surface area contributed by atoms with E-state index in [0.717, 1.165) is 12.1 Å². The number of fused-ring (bicyclic) bond motifs is 1. The quantitative estimate of drug-likeness (QED) is 0.235. The number of aromatic amines is 1. The summed E-state index contributed by atoms with van der Waals surface area (Å²) >= 11 is 0. The Kier molecular flexibility index (Phi) is 10.6. The summed E-state index contributed by atoms with van der Waals surface area (Å²) in [5.41, 5.74) is 2.75. The minimum absolute atomic E-state index is 0.0150. The number of hydrogen-bond donors (Lipinski definition) is 2. The predicted octanol–water partition coefficient (Wildman–Crippen LogP) is 2.78. The molecular weight excluding hydrogens is 564 g/mol. The maximum atomic E-state index is 13.3. The Morgan fingerprint density at radius 3 is 2.52 bits per heavy atom. The highest BCUT2D eigenvalue weighted by Gasteiger charge is 2.24. The lowest BCUT2D eigenvalue weighted by molar-refractivity contribution is -0.125. The molecule has 0 radical (unpaired) electrons. The Balaban J connectivity index is 1.47. The second-order valence-corrected chi connectivity index (χ2v) is 10.5. The number of rotatable bonds is 12. The van der Waals surface area contributed by atoms with Crippen molar-refractivity contribution in [3.8, 4) is 0 Å². The molecule has 1 aromatic carbocycles. The standard InChI is InChI=1S/C31H36N8O5/c1-37(2)26(40)15-9-8-14-24(44-31(43)38(3)4)29(41)34-23-13-10-18-39(30(23)42)19-25-35-27-22(32-20-33-28(27)36-25)17-16-21-11-6-5-7-12-21/h5-7,9-13,15,18,20,24H,8,14,16-17,19H2,1-4H3,(H,34,41)(H,32,33,35,36). The van der Waals surface area contributed by atoms with Crippen LogP contribution in [0.25, 0.3) is 11.2 Å². The van der Waals surface area contributed by atoms with E-state index in [9.17, 15) is 19.2 Å². The van der Waals surface area contributed by atoms with Gasteiger partial charge < -0.3 is 29.4 Å². The van der Waals surface area contributed by atoms with Gasteiger partial charge in [0.1, 0.15) is 23.4 Å². The van der Waals surface area contributed by atoms with Gasteiger partial charge in [-0.1, -0.05) is 36.4 Å². The topological polar surface area (TPSA) is 155 Å². The summed E-state index contributed by atoms with van der Waals surface area (Å²) in [5.74, 6) is -0.366. The number of aromatic nitrogens is 5. The van der Waals surface area contributed by atoms with Crippen molar-refractivity contribution >= 4 is 34.8 Å². The Hall–Kier alpha value is -5.33. The van der Waals surface area contributed by atoms with Gasteiger partial charge >= 0.3 is 6.09 Å². The first kappa shape index (κ1) is 31.6. The molecule has 0 aliphatic rings. The molecule has 230 valence electrons. The van der Waals surface area contributed by atoms with Gasteiger partial charge in [0, 0.05) is 34.4 Å². The van der Waals surface area contributed by atoms with E-state index >= 15 is 0 Å². The highest BCUT2D eigenvalue weighted by Crippen LogP contribution is 2.16. The number of benzene rings is 1. The SMILES string of the molecule is CN(C)C(=O)C=CCCC(OC(=O)N(C)C)C(=O)Nc1cccn(Cc2nc3c(CCc4ccccc4)ncnc3[nH]2)c1=O. The maximum Gasteiger partial charge on any atom is 0.410 e. The average molecular weight is 601 g/mol. The summed E-state index contributed by atoms with van der Waals surface area (Å²) in [5, 5.41) is 2.60. The van der Waals surface area contributed by atoms with Gasteiger partial charge in [-0.3, -0.25) is 14.4 Å². The molecule has 13 nitrogen and oxygen atoms in total. The molecular formula is C31H36N8O5. The van der Waals surface area contributed by atoms with E-state index in [1.54, 1.807) is 32.4 Å². The fourth-order valence-electron chi connectivity index (χ4n) is 4.27. The van der Waals surface area contributed by atoms with Crippen molar-refractivity contribution in [3.63, 3.8) is 0 Å². The largest absolute Gasteiger partial charge is 0.436 e. The number of ether oxygens (including phenoxy) is 1. The van der Waals surface area contributed by atoms with Gasteiger partial charge in [-0.2, -0.15) is 0 Å². The van der Waals surface area contributed by atoms with Crippen LogP contribution in [0.2, 0.25) is 0 Å². The van der Waals surface area contributed by atoms with Crippen LogP contribution in [0.15, 0.2) is 71.9 Å². The van der Waals surface area contributed by atoms with Crippen molar-refractivity contribution in [3.05, 3.63) is 94.6 Å². The number of amides is 3. The number of aryl methyl sites for hydroxylation is 2. The van der Waals surface area contributed by atoms with Crippen LogP contribution in [-0.4, -0.2) is 86.5 Å². The summed E-state index contributed by atoms with van der Waals surface area (Å²) in [6.45, 7) is 0.0980. The number of nitrogens with zero attached hydrogens (tertiary/aromatic N) is 6. The average Bonchev–Trinajstić information content (AvgIpc) is 3.42. The number of H-pyrrole nitrogens is 1. The van der Waals surface area contributed by atoms with Gasteiger partial charge in [0.2, 0.25) is 5.91 Å². The summed E-state index contributed by atoms with van der Waals surface area (Å²) in [6.07, 6.45) is 6.03. The zero-order valence-corrected chi connectivity index (χ0v) is 25.2. The van der Waals surface area contributed by atoms with Crippen LogP contribution in [-0.2, 0) is 33.7 Å². The number of nitrogens with one attached hydrogen (secondary N) is 2. The lowest BCUT2D eigenvalue weighted by Gasteiger charge is -2.19. The van der Waals surface area contributed by atoms with Crippen LogP contribution >= 0.6 is 0 Å². The zero-order valence-electron chi connectivity index (χ0n) is 25.2. The third-order valence-corrected chi connectivity index (χ3v) is 6.70. The summed E-state index contributed by atoms with van der Waals surface area (Å²) in [6, 6.07) is 13.2. The van der Waals surface area contributed by atoms with E-state index in [-0.39, 0.29) is 24.6 Å². The van der Waals surface area contributed by atoms with Crippen LogP contribution < -0.4 is 10.9 Å². The van der Waals surface area contributed by atoms with Crippen LogP contribution in [0.1, 0.15) is 29.9 Å². The zero-order chi connectivity index (χ0) is 31.6. The number of allylic oxidation sites excluding steroid dienone is 1. The molecule has 0 aliphatic heterocycles. The van der Waals surface area contributed by atoms with Crippen molar-refractivity contribution < 1.29 is 19.1 Å². The number of anilines is 1. The molecule has 13 heteroatoms. The molecule has 2 N–H and O–H groups in total. The lowest BCUT2D eigenvalue weighted by Crippen LogP contribution is -2.37. The molecule has 0 fully saturated rings. The van der Waals surface area contributed by atoms with Gasteiger partial charge in [0.05, 0.1) is 12.2 Å². The van der Waals surface area contributed by atoms with E-state index in [2.05, 4.69) is 37.4 Å². The molecule has 3 amide bonds. The van der Waals surface area contributed by atoms with Crippen molar-refractivity contribution in [2.75, 3.05) is 33.5 Å². The molecule has 4 aromatic rings. The van der Waals surface area contributed by atoms with E-state index < -0.39 is 23.7 Å². The van der Waals surface area contributed by atoms with Gasteiger partial charge in [-0.15, -0.1) is 0 Å². The maximum absolute atomic E-state index is 13.3. The summed E-state index contributed by atoms with van der Waals surface area (Å²) < 4.78 is 6.77. The highest BCUT2D eigenvalue weighted by atomic mass is 16.6. The van der Waals surface area contributed by atoms with Crippen LogP contribution in [0.3, 0.4) is 0 Å². The number of carbonyl (C=O) groups excluding carboxylic acids is 3. The first-order valence-electron chi connectivity index (χ1n) is 14.1. The fraction of sp³-hybridized carbons (Fsp3) is 0.323. The summed E-state index contributed by atoms with van der Waals surface area (Å²) in [7, 11) is 6.25. The molecule has 0 saturated carbocycles. The van der Waals surface area contributed by atoms with Gasteiger partial charge in [0.15, 0.2) is 11.8 Å². The highest BCUT2D eigenvalue weighted by molar-refractivity contribution is 5.95. The van der Waals surface area contributed by atoms with Gasteiger partial charge in [-0.05, 0) is 49.5 Å². The molecule has 4 rings (SSSR count). The Labute approximate surface area is 254 Å². The minimum atomic E-state index is -1.19. The number of likely N-dealkylation sites (N-methyl/N-ethyl adjacent to an activating group) is 1. The van der Waals surface area contributed by atoms with E-state index in [1.807, 2.05) is 18.2 Å². The Bertz CT molecular complexity index is 1690. The number of hydrogen-bond acceptors (Lipinski definition) is 8.